The maximum atomic E-state index is 6.16. The Hall–Kier alpha value is -1.03. The van der Waals surface area contributed by atoms with Crippen LogP contribution in [0.4, 0.5) is 0 Å². The van der Waals surface area contributed by atoms with Crippen LogP contribution in [0.2, 0.25) is 5.02 Å². The van der Waals surface area contributed by atoms with Crippen molar-refractivity contribution in [1.82, 2.24) is 15.2 Å². The number of fused-ring (bicyclic) bond motifs is 1. The van der Waals surface area contributed by atoms with Gasteiger partial charge < -0.3 is 10.3 Å². The molecule has 17 heavy (non-hydrogen) atoms. The van der Waals surface area contributed by atoms with Crippen LogP contribution < -0.4 is 5.32 Å². The Morgan fingerprint density at radius 1 is 1.24 bits per heavy atom. The van der Waals surface area contributed by atoms with Crippen molar-refractivity contribution in [2.75, 3.05) is 26.2 Å². The lowest BCUT2D eigenvalue weighted by Gasteiger charge is -2.26. The fraction of sp³-hybridized carbons (Fsp3) is 0.385. The van der Waals surface area contributed by atoms with Crippen LogP contribution >= 0.6 is 11.6 Å². The van der Waals surface area contributed by atoms with Gasteiger partial charge >= 0.3 is 0 Å². The van der Waals surface area contributed by atoms with E-state index < -0.39 is 0 Å². The Bertz CT molecular complexity index is 514. The molecule has 0 atom stereocenters. The summed E-state index contributed by atoms with van der Waals surface area (Å²) in [4.78, 5) is 5.74. The van der Waals surface area contributed by atoms with Crippen LogP contribution in [0, 0.1) is 0 Å². The topological polar surface area (TPSA) is 31.1 Å². The minimum atomic E-state index is 0.800. The molecule has 1 aliphatic heterocycles. The van der Waals surface area contributed by atoms with Crippen molar-refractivity contribution in [2.24, 2.45) is 0 Å². The van der Waals surface area contributed by atoms with Crippen LogP contribution in [0.3, 0.4) is 0 Å². The van der Waals surface area contributed by atoms with Gasteiger partial charge in [0.05, 0.1) is 10.5 Å². The highest BCUT2D eigenvalue weighted by molar-refractivity contribution is 6.35. The second-order valence-corrected chi connectivity index (χ2v) is 4.91. The number of benzene rings is 1. The summed E-state index contributed by atoms with van der Waals surface area (Å²) in [7, 11) is 0. The summed E-state index contributed by atoms with van der Waals surface area (Å²) in [6, 6.07) is 6.07. The van der Waals surface area contributed by atoms with Crippen molar-refractivity contribution in [3.63, 3.8) is 0 Å². The molecule has 0 unspecified atom stereocenters. The fourth-order valence-corrected chi connectivity index (χ4v) is 2.65. The van der Waals surface area contributed by atoms with Crippen LogP contribution in [-0.4, -0.2) is 36.1 Å². The van der Waals surface area contributed by atoms with Gasteiger partial charge in [-0.05, 0) is 11.6 Å². The first-order chi connectivity index (χ1) is 8.34. The monoisotopic (exact) mass is 249 g/mol. The van der Waals surface area contributed by atoms with Gasteiger partial charge in [-0.15, -0.1) is 0 Å². The van der Waals surface area contributed by atoms with E-state index in [4.69, 9.17) is 11.6 Å². The van der Waals surface area contributed by atoms with E-state index in [1.807, 2.05) is 12.1 Å². The van der Waals surface area contributed by atoms with E-state index in [9.17, 15) is 0 Å². The molecule has 0 spiro atoms. The number of nitrogens with one attached hydrogen (secondary N) is 2. The molecule has 1 saturated heterocycles. The Balaban J connectivity index is 1.87. The number of aromatic nitrogens is 1. The Kier molecular flexibility index (Phi) is 3.05. The van der Waals surface area contributed by atoms with Gasteiger partial charge in [0.15, 0.2) is 0 Å². The summed E-state index contributed by atoms with van der Waals surface area (Å²) < 4.78 is 0. The van der Waals surface area contributed by atoms with E-state index in [0.29, 0.717) is 0 Å². The van der Waals surface area contributed by atoms with E-state index in [1.54, 1.807) is 0 Å². The molecular formula is C13H16ClN3. The number of hydrogen-bond acceptors (Lipinski definition) is 2. The van der Waals surface area contributed by atoms with Crippen molar-refractivity contribution >= 4 is 22.5 Å². The first-order valence-corrected chi connectivity index (χ1v) is 6.40. The van der Waals surface area contributed by atoms with Crippen molar-refractivity contribution in [3.8, 4) is 0 Å². The van der Waals surface area contributed by atoms with E-state index in [0.717, 1.165) is 43.3 Å². The van der Waals surface area contributed by atoms with Gasteiger partial charge in [0.1, 0.15) is 0 Å². The average molecular weight is 250 g/mol. The molecule has 0 radical (unpaired) electrons. The van der Waals surface area contributed by atoms with Crippen LogP contribution in [0.1, 0.15) is 5.56 Å². The molecule has 0 saturated carbocycles. The minimum Gasteiger partial charge on any atom is -0.360 e. The molecule has 0 aliphatic carbocycles. The van der Waals surface area contributed by atoms with Crippen LogP contribution in [-0.2, 0) is 6.54 Å². The molecule has 3 rings (SSSR count). The number of rotatable bonds is 2. The van der Waals surface area contributed by atoms with Gasteiger partial charge in [0.25, 0.3) is 0 Å². The molecule has 1 fully saturated rings. The Morgan fingerprint density at radius 2 is 2.06 bits per heavy atom. The van der Waals surface area contributed by atoms with Crippen LogP contribution in [0.5, 0.6) is 0 Å². The van der Waals surface area contributed by atoms with Crippen molar-refractivity contribution in [1.29, 1.82) is 0 Å². The van der Waals surface area contributed by atoms with Gasteiger partial charge in [0, 0.05) is 44.3 Å². The van der Waals surface area contributed by atoms with E-state index in [2.05, 4.69) is 27.5 Å². The molecule has 0 bridgehead atoms. The number of H-pyrrole nitrogens is 1. The molecule has 4 heteroatoms. The lowest BCUT2D eigenvalue weighted by atomic mass is 10.1. The molecule has 0 amide bonds. The standard InChI is InChI=1S/C13H16ClN3/c14-12-3-1-2-11-10(8-16-13(11)12)9-17-6-4-15-5-7-17/h1-3,8,15-16H,4-7,9H2. The van der Waals surface area contributed by atoms with E-state index >= 15 is 0 Å². The first kappa shape index (κ1) is 11.1. The molecular weight excluding hydrogens is 234 g/mol. The predicted molar refractivity (Wildman–Crippen MR) is 71.5 cm³/mol. The molecule has 2 aromatic rings. The van der Waals surface area contributed by atoms with Crippen molar-refractivity contribution in [2.45, 2.75) is 6.54 Å². The molecule has 1 aromatic carbocycles. The largest absolute Gasteiger partial charge is 0.360 e. The lowest BCUT2D eigenvalue weighted by molar-refractivity contribution is 0.234. The number of halogens is 1. The summed E-state index contributed by atoms with van der Waals surface area (Å²) in [6.07, 6.45) is 2.08. The lowest BCUT2D eigenvalue weighted by Crippen LogP contribution is -2.42. The number of hydrogen-bond donors (Lipinski definition) is 2. The summed E-state index contributed by atoms with van der Waals surface area (Å²) in [5.74, 6) is 0. The average Bonchev–Trinajstić information content (AvgIpc) is 2.76. The van der Waals surface area contributed by atoms with E-state index in [1.165, 1.54) is 10.9 Å². The number of para-hydroxylation sites is 1. The number of piperazine rings is 1. The first-order valence-electron chi connectivity index (χ1n) is 6.02. The summed E-state index contributed by atoms with van der Waals surface area (Å²) in [5.41, 5.74) is 2.39. The molecule has 2 N–H and O–H groups in total. The summed E-state index contributed by atoms with van der Waals surface area (Å²) >= 11 is 6.16. The molecule has 1 aliphatic rings. The van der Waals surface area contributed by atoms with Gasteiger partial charge in [-0.1, -0.05) is 23.7 Å². The SMILES string of the molecule is Clc1cccc2c(CN3CCNCC3)c[nH]c12. The van der Waals surface area contributed by atoms with Gasteiger partial charge in [0.2, 0.25) is 0 Å². The third kappa shape index (κ3) is 2.18. The fourth-order valence-electron chi connectivity index (χ4n) is 2.42. The van der Waals surface area contributed by atoms with Crippen LogP contribution in [0.25, 0.3) is 10.9 Å². The molecule has 2 heterocycles. The maximum absolute atomic E-state index is 6.16. The normalized spacial score (nSPS) is 17.7. The zero-order chi connectivity index (χ0) is 11.7. The summed E-state index contributed by atoms with van der Waals surface area (Å²) in [5, 5.41) is 5.42. The second-order valence-electron chi connectivity index (χ2n) is 4.50. The molecule has 90 valence electrons. The molecule has 1 aromatic heterocycles. The highest BCUT2D eigenvalue weighted by Crippen LogP contribution is 2.25. The third-order valence-corrected chi connectivity index (χ3v) is 3.67. The van der Waals surface area contributed by atoms with Crippen molar-refractivity contribution < 1.29 is 0 Å². The second kappa shape index (κ2) is 4.69. The van der Waals surface area contributed by atoms with Crippen LogP contribution in [0.15, 0.2) is 24.4 Å². The predicted octanol–water partition coefficient (Wildman–Crippen LogP) is 2.23. The zero-order valence-electron chi connectivity index (χ0n) is 9.67. The van der Waals surface area contributed by atoms with Gasteiger partial charge in [-0.3, -0.25) is 4.90 Å². The van der Waals surface area contributed by atoms with Gasteiger partial charge in [-0.25, -0.2) is 0 Å². The van der Waals surface area contributed by atoms with Gasteiger partial charge in [-0.2, -0.15) is 0 Å². The highest BCUT2D eigenvalue weighted by Gasteiger charge is 2.13. The quantitative estimate of drug-likeness (QED) is 0.855. The highest BCUT2D eigenvalue weighted by atomic mass is 35.5. The zero-order valence-corrected chi connectivity index (χ0v) is 10.4. The minimum absolute atomic E-state index is 0.800. The maximum Gasteiger partial charge on any atom is 0.0647 e. The number of nitrogens with zero attached hydrogens (tertiary/aromatic N) is 1. The third-order valence-electron chi connectivity index (χ3n) is 3.35. The molecule has 3 nitrogen and oxygen atoms in total. The smallest absolute Gasteiger partial charge is 0.0647 e. The Morgan fingerprint density at radius 3 is 2.88 bits per heavy atom. The Labute approximate surface area is 106 Å². The van der Waals surface area contributed by atoms with Crippen molar-refractivity contribution in [3.05, 3.63) is 35.0 Å². The van der Waals surface area contributed by atoms with E-state index in [-0.39, 0.29) is 0 Å². The number of aromatic amines is 1. The summed E-state index contributed by atoms with van der Waals surface area (Å²) in [6.45, 7) is 5.41.